The Labute approximate surface area is 92.8 Å². The van der Waals surface area contributed by atoms with E-state index in [4.69, 9.17) is 21.4 Å². The van der Waals surface area contributed by atoms with E-state index in [0.717, 1.165) is 0 Å². The van der Waals surface area contributed by atoms with Crippen molar-refractivity contribution in [2.24, 2.45) is 0 Å². The van der Waals surface area contributed by atoms with E-state index < -0.39 is 0 Å². The van der Waals surface area contributed by atoms with Crippen LogP contribution in [-0.4, -0.2) is 31.5 Å². The van der Waals surface area contributed by atoms with Crippen LogP contribution in [0.1, 0.15) is 0 Å². The Kier molecular flexibility index (Phi) is 5.39. The van der Waals surface area contributed by atoms with Gasteiger partial charge in [0.25, 0.3) is 0 Å². The number of hydrogen-bond donors (Lipinski definition) is 2. The van der Waals surface area contributed by atoms with Gasteiger partial charge in [-0.15, -0.1) is 0 Å². The first kappa shape index (κ1) is 12.2. The highest BCUT2D eigenvalue weighted by Gasteiger charge is 2.01. The van der Waals surface area contributed by atoms with Crippen LogP contribution in [0.3, 0.4) is 0 Å². The van der Waals surface area contributed by atoms with Gasteiger partial charge in [0.05, 0.1) is 25.5 Å². The molecule has 0 aliphatic rings. The molecule has 0 aliphatic heterocycles. The van der Waals surface area contributed by atoms with E-state index in [-0.39, 0.29) is 12.4 Å². The van der Waals surface area contributed by atoms with Crippen LogP contribution in [0.5, 0.6) is 0 Å². The zero-order chi connectivity index (χ0) is 11.1. The molecule has 0 atom stereocenters. The number of nitrogens with one attached hydrogen (secondary N) is 1. The average molecular weight is 234 g/mol. The third-order valence-electron chi connectivity index (χ3n) is 1.73. The lowest BCUT2D eigenvalue weighted by Crippen LogP contribution is -2.12. The van der Waals surface area contributed by atoms with Crippen LogP contribution in [0.2, 0.25) is 5.02 Å². The van der Waals surface area contributed by atoms with Gasteiger partial charge in [0, 0.05) is 11.6 Å². The number of aliphatic hydroxyl groups excluding tert-OH is 1. The Balaban J connectivity index is 2.31. The van der Waals surface area contributed by atoms with Crippen LogP contribution in [0, 0.1) is 5.82 Å². The summed E-state index contributed by atoms with van der Waals surface area (Å²) in [5.74, 6) is -0.385. The molecule has 0 aliphatic carbocycles. The molecule has 2 N–H and O–H groups in total. The van der Waals surface area contributed by atoms with Crippen molar-refractivity contribution in [1.29, 1.82) is 0 Å². The number of aliphatic hydroxyl groups is 1. The minimum atomic E-state index is -0.385. The fourth-order valence-corrected chi connectivity index (χ4v) is 1.22. The van der Waals surface area contributed by atoms with E-state index in [9.17, 15) is 4.39 Å². The molecule has 0 fully saturated rings. The number of anilines is 1. The van der Waals surface area contributed by atoms with E-state index in [2.05, 4.69) is 5.32 Å². The Morgan fingerprint density at radius 2 is 2.20 bits per heavy atom. The van der Waals surface area contributed by atoms with Crippen molar-refractivity contribution in [3.05, 3.63) is 29.0 Å². The summed E-state index contributed by atoms with van der Waals surface area (Å²) >= 11 is 5.60. The molecule has 0 bridgehead atoms. The Morgan fingerprint density at radius 3 is 2.87 bits per heavy atom. The number of benzene rings is 1. The molecule has 84 valence electrons. The highest BCUT2D eigenvalue weighted by Crippen LogP contribution is 2.18. The van der Waals surface area contributed by atoms with Crippen LogP contribution in [-0.2, 0) is 4.74 Å². The highest BCUT2D eigenvalue weighted by molar-refractivity contribution is 6.30. The Hall–Kier alpha value is -0.840. The first-order valence-corrected chi connectivity index (χ1v) is 4.99. The van der Waals surface area contributed by atoms with Crippen molar-refractivity contribution in [3.63, 3.8) is 0 Å². The van der Waals surface area contributed by atoms with E-state index in [0.29, 0.717) is 30.5 Å². The summed E-state index contributed by atoms with van der Waals surface area (Å²) in [7, 11) is 0. The standard InChI is InChI=1S/C10H13ClFNO2/c11-8-1-2-10(9(12)7-8)13-3-5-15-6-4-14/h1-2,7,13-14H,3-6H2. The maximum atomic E-state index is 13.2. The normalized spacial score (nSPS) is 10.3. The third kappa shape index (κ3) is 4.46. The van der Waals surface area contributed by atoms with Gasteiger partial charge >= 0.3 is 0 Å². The van der Waals surface area contributed by atoms with E-state index in [1.54, 1.807) is 12.1 Å². The number of ether oxygens (including phenoxy) is 1. The monoisotopic (exact) mass is 233 g/mol. The first-order chi connectivity index (χ1) is 7.24. The fourth-order valence-electron chi connectivity index (χ4n) is 1.06. The first-order valence-electron chi connectivity index (χ1n) is 4.61. The van der Waals surface area contributed by atoms with Gasteiger partial charge in [0.1, 0.15) is 5.82 Å². The summed E-state index contributed by atoms with van der Waals surface area (Å²) < 4.78 is 18.2. The maximum absolute atomic E-state index is 13.2. The summed E-state index contributed by atoms with van der Waals surface area (Å²) in [5.41, 5.74) is 0.395. The van der Waals surface area contributed by atoms with E-state index >= 15 is 0 Å². The zero-order valence-corrected chi connectivity index (χ0v) is 8.93. The second-order valence-corrected chi connectivity index (χ2v) is 3.32. The van der Waals surface area contributed by atoms with Crippen LogP contribution in [0.4, 0.5) is 10.1 Å². The second-order valence-electron chi connectivity index (χ2n) is 2.89. The lowest BCUT2D eigenvalue weighted by molar-refractivity contribution is 0.0992. The van der Waals surface area contributed by atoms with Crippen molar-refractivity contribution in [3.8, 4) is 0 Å². The Morgan fingerprint density at radius 1 is 1.40 bits per heavy atom. The van der Waals surface area contributed by atoms with Gasteiger partial charge in [-0.3, -0.25) is 0 Å². The SMILES string of the molecule is OCCOCCNc1ccc(Cl)cc1F. The molecular weight excluding hydrogens is 221 g/mol. The summed E-state index contributed by atoms with van der Waals surface area (Å²) in [5, 5.41) is 11.7. The zero-order valence-electron chi connectivity index (χ0n) is 8.17. The predicted molar refractivity (Wildman–Crippen MR) is 57.8 cm³/mol. The van der Waals surface area contributed by atoms with Crippen LogP contribution in [0.25, 0.3) is 0 Å². The molecule has 15 heavy (non-hydrogen) atoms. The van der Waals surface area contributed by atoms with Crippen molar-refractivity contribution >= 4 is 17.3 Å². The molecule has 1 aromatic carbocycles. The van der Waals surface area contributed by atoms with Gasteiger partial charge in [0.15, 0.2) is 0 Å². The second kappa shape index (κ2) is 6.61. The molecule has 1 rings (SSSR count). The van der Waals surface area contributed by atoms with Crippen molar-refractivity contribution < 1.29 is 14.2 Å². The van der Waals surface area contributed by atoms with Crippen LogP contribution >= 0.6 is 11.6 Å². The van der Waals surface area contributed by atoms with Gasteiger partial charge in [-0.2, -0.15) is 0 Å². The fraction of sp³-hybridized carbons (Fsp3) is 0.400. The molecule has 5 heteroatoms. The van der Waals surface area contributed by atoms with Crippen molar-refractivity contribution in [2.45, 2.75) is 0 Å². The quantitative estimate of drug-likeness (QED) is 0.738. The topological polar surface area (TPSA) is 41.5 Å². The van der Waals surface area contributed by atoms with Crippen molar-refractivity contribution in [1.82, 2.24) is 0 Å². The lowest BCUT2D eigenvalue weighted by Gasteiger charge is -2.07. The van der Waals surface area contributed by atoms with Gasteiger partial charge in [0.2, 0.25) is 0 Å². The summed E-state index contributed by atoms with van der Waals surface area (Å²) in [6.45, 7) is 1.20. The summed E-state index contributed by atoms with van der Waals surface area (Å²) in [6, 6.07) is 4.43. The van der Waals surface area contributed by atoms with Crippen molar-refractivity contribution in [2.75, 3.05) is 31.7 Å². The van der Waals surface area contributed by atoms with Gasteiger partial charge in [-0.1, -0.05) is 11.6 Å². The highest BCUT2D eigenvalue weighted by atomic mass is 35.5. The average Bonchev–Trinajstić information content (AvgIpc) is 2.20. The summed E-state index contributed by atoms with van der Waals surface area (Å²) in [4.78, 5) is 0. The van der Waals surface area contributed by atoms with Gasteiger partial charge < -0.3 is 15.2 Å². The minimum absolute atomic E-state index is 0.00466. The number of hydrogen-bond acceptors (Lipinski definition) is 3. The van der Waals surface area contributed by atoms with Crippen LogP contribution < -0.4 is 5.32 Å². The minimum Gasteiger partial charge on any atom is -0.394 e. The maximum Gasteiger partial charge on any atom is 0.147 e. The smallest absolute Gasteiger partial charge is 0.147 e. The van der Waals surface area contributed by atoms with Crippen LogP contribution in [0.15, 0.2) is 18.2 Å². The molecule has 0 saturated heterocycles. The molecule has 0 radical (unpaired) electrons. The number of rotatable bonds is 6. The molecule has 0 aromatic heterocycles. The molecular formula is C10H13ClFNO2. The molecule has 0 spiro atoms. The van der Waals surface area contributed by atoms with E-state index in [1.807, 2.05) is 0 Å². The lowest BCUT2D eigenvalue weighted by atomic mass is 10.3. The molecule has 1 aromatic rings. The molecule has 0 unspecified atom stereocenters. The van der Waals surface area contributed by atoms with Gasteiger partial charge in [-0.05, 0) is 18.2 Å². The molecule has 0 saturated carbocycles. The molecule has 3 nitrogen and oxygen atoms in total. The number of halogens is 2. The molecule has 0 heterocycles. The Bertz CT molecular complexity index is 309. The van der Waals surface area contributed by atoms with E-state index in [1.165, 1.54) is 6.07 Å². The predicted octanol–water partition coefficient (Wildman–Crippen LogP) is 1.90. The largest absolute Gasteiger partial charge is 0.394 e. The molecule has 0 amide bonds. The summed E-state index contributed by atoms with van der Waals surface area (Å²) in [6.07, 6.45) is 0. The van der Waals surface area contributed by atoms with Gasteiger partial charge in [-0.25, -0.2) is 4.39 Å². The third-order valence-corrected chi connectivity index (χ3v) is 1.96.